The summed E-state index contributed by atoms with van der Waals surface area (Å²) in [6, 6.07) is 14.6. The van der Waals surface area contributed by atoms with Crippen molar-refractivity contribution in [2.45, 2.75) is 6.54 Å². The highest BCUT2D eigenvalue weighted by atomic mass is 16.5. The van der Waals surface area contributed by atoms with Gasteiger partial charge in [-0.1, -0.05) is 42.5 Å². The topological polar surface area (TPSA) is 116 Å². The first-order valence-electron chi connectivity index (χ1n) is 10.4. The Morgan fingerprint density at radius 1 is 1.09 bits per heavy atom. The molecule has 10 heteroatoms. The number of hydrogen-bond acceptors (Lipinski definition) is 7. The van der Waals surface area contributed by atoms with Gasteiger partial charge in [0.1, 0.15) is 0 Å². The number of hydrogen-bond donors (Lipinski definition) is 2. The minimum absolute atomic E-state index is 0.0244. The van der Waals surface area contributed by atoms with Crippen LogP contribution < -0.4 is 21.4 Å². The summed E-state index contributed by atoms with van der Waals surface area (Å²) in [6.07, 6.45) is 5.37. The van der Waals surface area contributed by atoms with Crippen molar-refractivity contribution in [2.24, 2.45) is 19.2 Å². The Balaban J connectivity index is 1.73. The van der Waals surface area contributed by atoms with Crippen LogP contribution in [0.25, 0.3) is 17.2 Å². The van der Waals surface area contributed by atoms with Crippen LogP contribution in [0.4, 0.5) is 5.95 Å². The number of hydrazone groups is 1. The number of nitrogens with one attached hydrogen (secondary N) is 1. The number of fused-ring (bicyclic) bond motifs is 1. The van der Waals surface area contributed by atoms with Crippen molar-refractivity contribution in [3.05, 3.63) is 86.6 Å². The van der Waals surface area contributed by atoms with Crippen LogP contribution in [0.5, 0.6) is 11.5 Å². The number of benzene rings is 2. The summed E-state index contributed by atoms with van der Waals surface area (Å²) in [6.45, 7) is 0.323. The van der Waals surface area contributed by atoms with Crippen LogP contribution in [-0.4, -0.2) is 37.1 Å². The van der Waals surface area contributed by atoms with Gasteiger partial charge in [-0.15, -0.1) is 0 Å². The molecule has 2 heterocycles. The van der Waals surface area contributed by atoms with E-state index in [1.54, 1.807) is 23.7 Å². The third kappa shape index (κ3) is 4.33. The number of imidazole rings is 1. The largest absolute Gasteiger partial charge is 0.504 e. The van der Waals surface area contributed by atoms with Gasteiger partial charge in [-0.25, -0.2) is 10.2 Å². The molecule has 2 aromatic carbocycles. The van der Waals surface area contributed by atoms with Crippen LogP contribution in [0, 0.1) is 0 Å². The van der Waals surface area contributed by atoms with Gasteiger partial charge in [0.15, 0.2) is 22.7 Å². The van der Waals surface area contributed by atoms with Gasteiger partial charge in [-0.05, 0) is 29.3 Å². The van der Waals surface area contributed by atoms with Crippen LogP contribution in [0.3, 0.4) is 0 Å². The zero-order valence-corrected chi connectivity index (χ0v) is 19.0. The normalized spacial score (nSPS) is 11.6. The Bertz CT molecular complexity index is 1510. The molecule has 10 nitrogen and oxygen atoms in total. The standard InChI is InChI=1S/C24H24N6O4/c1-28-21-20(22(32)29(2)24(28)33)30(13-7-10-16-8-5-4-6-9-16)23(26-21)27-25-15-17-11-12-18(31)19(14-17)34-3/h4-12,14-15,31H,13H2,1-3H3,(H,26,27). The van der Waals surface area contributed by atoms with Gasteiger partial charge in [0, 0.05) is 20.6 Å². The van der Waals surface area contributed by atoms with E-state index in [1.165, 1.54) is 31.0 Å². The predicted molar refractivity (Wildman–Crippen MR) is 132 cm³/mol. The highest BCUT2D eigenvalue weighted by Gasteiger charge is 2.18. The number of allylic oxidation sites excluding steroid dienone is 1. The molecule has 0 spiro atoms. The summed E-state index contributed by atoms with van der Waals surface area (Å²) < 4.78 is 9.17. The monoisotopic (exact) mass is 460 g/mol. The molecular weight excluding hydrogens is 436 g/mol. The Labute approximate surface area is 194 Å². The Hall–Kier alpha value is -4.60. The smallest absolute Gasteiger partial charge is 0.332 e. The third-order valence-electron chi connectivity index (χ3n) is 5.33. The molecule has 4 rings (SSSR count). The average Bonchev–Trinajstić information content (AvgIpc) is 3.21. The Kier molecular flexibility index (Phi) is 6.30. The van der Waals surface area contributed by atoms with E-state index in [2.05, 4.69) is 15.5 Å². The average molecular weight is 460 g/mol. The molecule has 0 unspecified atom stereocenters. The van der Waals surface area contributed by atoms with Crippen LogP contribution in [0.2, 0.25) is 0 Å². The lowest BCUT2D eigenvalue weighted by Gasteiger charge is -2.07. The highest BCUT2D eigenvalue weighted by Crippen LogP contribution is 2.25. The predicted octanol–water partition coefficient (Wildman–Crippen LogP) is 2.31. The second-order valence-electron chi connectivity index (χ2n) is 7.54. The zero-order valence-electron chi connectivity index (χ0n) is 19.0. The molecule has 0 saturated carbocycles. The van der Waals surface area contributed by atoms with Crippen molar-refractivity contribution in [2.75, 3.05) is 12.5 Å². The maximum atomic E-state index is 12.9. The van der Waals surface area contributed by atoms with Crippen molar-refractivity contribution in [1.29, 1.82) is 0 Å². The fourth-order valence-electron chi connectivity index (χ4n) is 3.51. The van der Waals surface area contributed by atoms with Gasteiger partial charge >= 0.3 is 5.69 Å². The molecule has 0 aliphatic carbocycles. The maximum absolute atomic E-state index is 12.9. The van der Waals surface area contributed by atoms with Crippen molar-refractivity contribution in [1.82, 2.24) is 18.7 Å². The lowest BCUT2D eigenvalue weighted by molar-refractivity contribution is 0.373. The van der Waals surface area contributed by atoms with Crippen molar-refractivity contribution in [3.63, 3.8) is 0 Å². The molecule has 4 aromatic rings. The molecule has 0 fully saturated rings. The number of anilines is 1. The van der Waals surface area contributed by atoms with E-state index < -0.39 is 11.2 Å². The van der Waals surface area contributed by atoms with Gasteiger partial charge in [0.25, 0.3) is 5.56 Å². The van der Waals surface area contributed by atoms with Gasteiger partial charge < -0.3 is 9.84 Å². The summed E-state index contributed by atoms with van der Waals surface area (Å²) in [5.74, 6) is 0.644. The molecule has 34 heavy (non-hydrogen) atoms. The number of aromatic nitrogens is 4. The first-order chi connectivity index (χ1) is 16.4. The van der Waals surface area contributed by atoms with Gasteiger partial charge in [0.2, 0.25) is 5.95 Å². The second kappa shape index (κ2) is 9.49. The molecule has 0 amide bonds. The summed E-state index contributed by atoms with van der Waals surface area (Å²) in [5, 5.41) is 14.0. The molecular formula is C24H24N6O4. The van der Waals surface area contributed by atoms with E-state index in [9.17, 15) is 14.7 Å². The van der Waals surface area contributed by atoms with Crippen LogP contribution in [-0.2, 0) is 20.6 Å². The van der Waals surface area contributed by atoms with E-state index in [-0.39, 0.29) is 16.9 Å². The van der Waals surface area contributed by atoms with Crippen LogP contribution in [0.15, 0.2) is 69.3 Å². The number of ether oxygens (including phenoxy) is 1. The first-order valence-corrected chi connectivity index (χ1v) is 10.4. The molecule has 2 aromatic heterocycles. The number of aromatic hydroxyl groups is 1. The Morgan fingerprint density at radius 2 is 1.85 bits per heavy atom. The molecule has 0 atom stereocenters. The summed E-state index contributed by atoms with van der Waals surface area (Å²) in [4.78, 5) is 29.8. The van der Waals surface area contributed by atoms with Gasteiger partial charge in [-0.2, -0.15) is 10.1 Å². The fourth-order valence-corrected chi connectivity index (χ4v) is 3.51. The number of methoxy groups -OCH3 is 1. The molecule has 0 bridgehead atoms. The molecule has 0 saturated heterocycles. The number of phenols is 1. The lowest BCUT2D eigenvalue weighted by Crippen LogP contribution is -2.37. The highest BCUT2D eigenvalue weighted by molar-refractivity contribution is 5.81. The second-order valence-corrected chi connectivity index (χ2v) is 7.54. The fraction of sp³-hybridized carbons (Fsp3) is 0.167. The van der Waals surface area contributed by atoms with Crippen LogP contribution in [0.1, 0.15) is 11.1 Å². The first kappa shape index (κ1) is 22.6. The van der Waals surface area contributed by atoms with E-state index in [1.807, 2.05) is 42.5 Å². The van der Waals surface area contributed by atoms with E-state index in [0.717, 1.165) is 10.1 Å². The third-order valence-corrected chi connectivity index (χ3v) is 5.33. The molecule has 174 valence electrons. The van der Waals surface area contributed by atoms with E-state index in [4.69, 9.17) is 4.74 Å². The van der Waals surface area contributed by atoms with Gasteiger partial charge in [0.05, 0.1) is 13.3 Å². The quantitative estimate of drug-likeness (QED) is 0.323. The van der Waals surface area contributed by atoms with Crippen molar-refractivity contribution < 1.29 is 9.84 Å². The molecule has 0 radical (unpaired) electrons. The number of nitrogens with zero attached hydrogens (tertiary/aromatic N) is 5. The number of rotatable bonds is 7. The minimum atomic E-state index is -0.465. The summed E-state index contributed by atoms with van der Waals surface area (Å²) >= 11 is 0. The maximum Gasteiger partial charge on any atom is 0.332 e. The lowest BCUT2D eigenvalue weighted by atomic mass is 10.2. The summed E-state index contributed by atoms with van der Waals surface area (Å²) in [5.41, 5.74) is 4.19. The number of aryl methyl sites for hydroxylation is 1. The molecule has 0 aliphatic rings. The zero-order chi connectivity index (χ0) is 24.2. The van der Waals surface area contributed by atoms with E-state index in [0.29, 0.717) is 23.8 Å². The Morgan fingerprint density at radius 3 is 2.59 bits per heavy atom. The van der Waals surface area contributed by atoms with Gasteiger partial charge in [-0.3, -0.25) is 18.5 Å². The number of phenolic OH excluding ortho intramolecular Hbond substituents is 1. The van der Waals surface area contributed by atoms with E-state index >= 15 is 0 Å². The van der Waals surface area contributed by atoms with Crippen LogP contribution >= 0.6 is 0 Å². The molecule has 2 N–H and O–H groups in total. The molecule has 0 aliphatic heterocycles. The summed E-state index contributed by atoms with van der Waals surface area (Å²) in [7, 11) is 4.46. The van der Waals surface area contributed by atoms with Crippen molar-refractivity contribution in [3.8, 4) is 11.5 Å². The van der Waals surface area contributed by atoms with Crippen molar-refractivity contribution >= 4 is 29.4 Å². The minimum Gasteiger partial charge on any atom is -0.504 e. The SMILES string of the molecule is COc1cc(C=NNc2nc3c(c(=O)n(C)c(=O)n3C)n2CC=Cc2ccccc2)ccc1O.